The number of hydrogen-bond donors (Lipinski definition) is 2. The Bertz CT molecular complexity index is 550. The van der Waals surface area contributed by atoms with E-state index in [2.05, 4.69) is 36.6 Å². The first kappa shape index (κ1) is 18.3. The fraction of sp³-hybridized carbons (Fsp3) is 0.632. The summed E-state index contributed by atoms with van der Waals surface area (Å²) in [6.45, 7) is 7.21. The number of amides is 1. The number of hydrogen-bond acceptors (Lipinski definition) is 2. The van der Waals surface area contributed by atoms with Crippen LogP contribution in [0.5, 0.6) is 0 Å². The Morgan fingerprint density at radius 3 is 2.61 bits per heavy atom. The molecule has 0 unspecified atom stereocenters. The largest absolute Gasteiger partial charge is 0.351 e. The van der Waals surface area contributed by atoms with Gasteiger partial charge < -0.3 is 10.6 Å². The first-order chi connectivity index (χ1) is 10.6. The standard InChI is InChI=1S/C19H28N2O.ClH/c1-14(2)10-19(7-3-4-8-19)13-21-18(22)15-5-6-16-11-20-12-17(16)9-15;/h5-6,9,14,20H,3-4,7-8,10-13H2,1-2H3,(H,21,22);1H. The minimum Gasteiger partial charge on any atom is -0.351 e. The predicted molar refractivity (Wildman–Crippen MR) is 96.9 cm³/mol. The van der Waals surface area contributed by atoms with Gasteiger partial charge in [0.05, 0.1) is 0 Å². The molecular weight excluding hydrogens is 308 g/mol. The monoisotopic (exact) mass is 336 g/mol. The molecule has 0 atom stereocenters. The number of rotatable bonds is 5. The molecule has 2 N–H and O–H groups in total. The topological polar surface area (TPSA) is 41.1 Å². The van der Waals surface area contributed by atoms with Crippen LogP contribution in [-0.2, 0) is 13.1 Å². The van der Waals surface area contributed by atoms with Crippen LogP contribution in [0.1, 0.15) is 67.4 Å². The quantitative estimate of drug-likeness (QED) is 0.851. The molecule has 1 saturated carbocycles. The van der Waals surface area contributed by atoms with E-state index in [-0.39, 0.29) is 18.3 Å². The first-order valence-electron chi connectivity index (χ1n) is 8.69. The van der Waals surface area contributed by atoms with Crippen LogP contribution in [0.3, 0.4) is 0 Å². The second-order valence-electron chi connectivity index (χ2n) is 7.57. The normalized spacial score (nSPS) is 18.6. The maximum atomic E-state index is 12.5. The van der Waals surface area contributed by atoms with Gasteiger partial charge in [-0.3, -0.25) is 4.79 Å². The molecule has 1 aromatic rings. The van der Waals surface area contributed by atoms with Crippen molar-refractivity contribution in [2.45, 2.75) is 59.0 Å². The van der Waals surface area contributed by atoms with Crippen molar-refractivity contribution in [1.82, 2.24) is 10.6 Å². The van der Waals surface area contributed by atoms with Crippen LogP contribution in [0, 0.1) is 11.3 Å². The molecule has 23 heavy (non-hydrogen) atoms. The van der Waals surface area contributed by atoms with Gasteiger partial charge in [-0.05, 0) is 53.9 Å². The highest BCUT2D eigenvalue weighted by Gasteiger charge is 2.34. The molecule has 0 bridgehead atoms. The van der Waals surface area contributed by atoms with Gasteiger partial charge >= 0.3 is 0 Å². The highest BCUT2D eigenvalue weighted by Crippen LogP contribution is 2.42. The molecule has 1 heterocycles. The van der Waals surface area contributed by atoms with E-state index < -0.39 is 0 Å². The molecule has 1 aromatic carbocycles. The highest BCUT2D eigenvalue weighted by atomic mass is 35.5. The molecule has 3 nitrogen and oxygen atoms in total. The predicted octanol–water partition coefficient (Wildman–Crippen LogP) is 4.05. The fourth-order valence-corrected chi connectivity index (χ4v) is 4.25. The molecule has 1 fully saturated rings. The van der Waals surface area contributed by atoms with Gasteiger partial charge in [0.25, 0.3) is 5.91 Å². The maximum Gasteiger partial charge on any atom is 0.251 e. The zero-order valence-corrected chi connectivity index (χ0v) is 15.1. The molecular formula is C19H29ClN2O. The average Bonchev–Trinajstić information content (AvgIpc) is 3.12. The number of carbonyl (C=O) groups excluding carboxylic acids is 1. The SMILES string of the molecule is CC(C)CC1(CNC(=O)c2ccc3c(c2)CNC3)CCCC1.Cl. The van der Waals surface area contributed by atoms with Gasteiger partial charge in [-0.2, -0.15) is 0 Å². The van der Waals surface area contributed by atoms with Crippen LogP contribution in [-0.4, -0.2) is 12.5 Å². The summed E-state index contributed by atoms with van der Waals surface area (Å²) in [4.78, 5) is 12.5. The smallest absolute Gasteiger partial charge is 0.251 e. The summed E-state index contributed by atoms with van der Waals surface area (Å²) in [5, 5.41) is 6.55. The van der Waals surface area contributed by atoms with E-state index >= 15 is 0 Å². The van der Waals surface area contributed by atoms with Crippen molar-refractivity contribution in [3.63, 3.8) is 0 Å². The third-order valence-corrected chi connectivity index (χ3v) is 5.23. The van der Waals surface area contributed by atoms with Crippen LogP contribution in [0.25, 0.3) is 0 Å². The Labute approximate surface area is 146 Å². The molecule has 3 rings (SSSR count). The van der Waals surface area contributed by atoms with Crippen LogP contribution < -0.4 is 10.6 Å². The van der Waals surface area contributed by atoms with Crippen molar-refractivity contribution >= 4 is 18.3 Å². The Morgan fingerprint density at radius 2 is 1.91 bits per heavy atom. The second-order valence-corrected chi connectivity index (χ2v) is 7.57. The molecule has 4 heteroatoms. The summed E-state index contributed by atoms with van der Waals surface area (Å²) in [5.41, 5.74) is 3.73. The zero-order chi connectivity index (χ0) is 15.6. The molecule has 0 aromatic heterocycles. The highest BCUT2D eigenvalue weighted by molar-refractivity contribution is 5.94. The first-order valence-corrected chi connectivity index (χ1v) is 8.69. The van der Waals surface area contributed by atoms with Crippen LogP contribution in [0.2, 0.25) is 0 Å². The summed E-state index contributed by atoms with van der Waals surface area (Å²) >= 11 is 0. The Kier molecular flexibility index (Phi) is 6.10. The molecule has 1 amide bonds. The minimum absolute atomic E-state index is 0. The van der Waals surface area contributed by atoms with Crippen molar-refractivity contribution in [2.75, 3.05) is 6.54 Å². The van der Waals surface area contributed by atoms with Gasteiger partial charge in [-0.15, -0.1) is 12.4 Å². The fourth-order valence-electron chi connectivity index (χ4n) is 4.25. The van der Waals surface area contributed by atoms with E-state index in [1.165, 1.54) is 43.2 Å². The molecule has 0 spiro atoms. The lowest BCUT2D eigenvalue weighted by Gasteiger charge is -2.31. The van der Waals surface area contributed by atoms with Crippen molar-refractivity contribution in [2.24, 2.45) is 11.3 Å². The zero-order valence-electron chi connectivity index (χ0n) is 14.3. The maximum absolute atomic E-state index is 12.5. The summed E-state index contributed by atoms with van der Waals surface area (Å²) in [7, 11) is 0. The number of carbonyl (C=O) groups is 1. The average molecular weight is 337 g/mol. The van der Waals surface area contributed by atoms with Crippen molar-refractivity contribution in [3.8, 4) is 0 Å². The minimum atomic E-state index is 0. The number of halogens is 1. The summed E-state index contributed by atoms with van der Waals surface area (Å²) in [5.74, 6) is 0.783. The van der Waals surface area contributed by atoms with Crippen LogP contribution >= 0.6 is 12.4 Å². The van der Waals surface area contributed by atoms with Gasteiger partial charge in [-0.25, -0.2) is 0 Å². The van der Waals surface area contributed by atoms with Crippen molar-refractivity contribution in [1.29, 1.82) is 0 Å². The molecule has 2 aliphatic rings. The summed E-state index contributed by atoms with van der Waals surface area (Å²) < 4.78 is 0. The molecule has 0 radical (unpaired) electrons. The van der Waals surface area contributed by atoms with Gasteiger partial charge in [0.1, 0.15) is 0 Å². The molecule has 1 aliphatic heterocycles. The molecule has 1 aliphatic carbocycles. The summed E-state index contributed by atoms with van der Waals surface area (Å²) in [6, 6.07) is 6.10. The Morgan fingerprint density at radius 1 is 1.22 bits per heavy atom. The molecule has 0 saturated heterocycles. The van der Waals surface area contributed by atoms with Crippen molar-refractivity contribution in [3.05, 3.63) is 34.9 Å². The van der Waals surface area contributed by atoms with Crippen LogP contribution in [0.15, 0.2) is 18.2 Å². The second kappa shape index (κ2) is 7.67. The third kappa shape index (κ3) is 4.27. The van der Waals surface area contributed by atoms with Gasteiger partial charge in [0, 0.05) is 25.2 Å². The van der Waals surface area contributed by atoms with E-state index in [9.17, 15) is 4.79 Å². The Balaban J connectivity index is 0.00000192. The number of nitrogens with one attached hydrogen (secondary N) is 2. The number of benzene rings is 1. The lowest BCUT2D eigenvalue weighted by atomic mass is 9.78. The van der Waals surface area contributed by atoms with E-state index in [4.69, 9.17) is 0 Å². The van der Waals surface area contributed by atoms with E-state index in [1.54, 1.807) is 0 Å². The van der Waals surface area contributed by atoms with Crippen molar-refractivity contribution < 1.29 is 4.79 Å². The lowest BCUT2D eigenvalue weighted by Crippen LogP contribution is -2.36. The van der Waals surface area contributed by atoms with E-state index in [1.807, 2.05) is 6.07 Å². The summed E-state index contributed by atoms with van der Waals surface area (Å²) in [6.07, 6.45) is 6.38. The molecule has 128 valence electrons. The van der Waals surface area contributed by atoms with Gasteiger partial charge in [-0.1, -0.05) is 32.8 Å². The van der Waals surface area contributed by atoms with Crippen LogP contribution in [0.4, 0.5) is 0 Å². The van der Waals surface area contributed by atoms with Gasteiger partial charge in [0.2, 0.25) is 0 Å². The third-order valence-electron chi connectivity index (χ3n) is 5.23. The van der Waals surface area contributed by atoms with E-state index in [0.29, 0.717) is 11.3 Å². The van der Waals surface area contributed by atoms with E-state index in [0.717, 1.165) is 25.2 Å². The van der Waals surface area contributed by atoms with Gasteiger partial charge in [0.15, 0.2) is 0 Å². The lowest BCUT2D eigenvalue weighted by molar-refractivity contribution is 0.0921. The number of fused-ring (bicyclic) bond motifs is 1. The Hall–Kier alpha value is -1.06.